The first-order valence-corrected chi connectivity index (χ1v) is 8.73. The van der Waals surface area contributed by atoms with E-state index >= 15 is 0 Å². The summed E-state index contributed by atoms with van der Waals surface area (Å²) >= 11 is 0. The summed E-state index contributed by atoms with van der Waals surface area (Å²) < 4.78 is 22.0. The van der Waals surface area contributed by atoms with Crippen LogP contribution in [0, 0.1) is 0 Å². The van der Waals surface area contributed by atoms with Gasteiger partial charge in [-0.1, -0.05) is 0 Å². The van der Waals surface area contributed by atoms with Crippen LogP contribution in [-0.4, -0.2) is 76.0 Å². The third-order valence-corrected chi connectivity index (χ3v) is 4.30. The van der Waals surface area contributed by atoms with Gasteiger partial charge in [-0.25, -0.2) is 13.2 Å². The molecule has 1 saturated heterocycles. The van der Waals surface area contributed by atoms with Crippen LogP contribution in [0.25, 0.3) is 0 Å². The van der Waals surface area contributed by atoms with Crippen molar-refractivity contribution < 1.29 is 13.2 Å². The first kappa shape index (κ1) is 16.2. The molecule has 0 spiro atoms. The highest BCUT2D eigenvalue weighted by molar-refractivity contribution is 7.90. The molecule has 0 bridgehead atoms. The Morgan fingerprint density at radius 2 is 1.89 bits per heavy atom. The van der Waals surface area contributed by atoms with Crippen LogP contribution in [0.4, 0.5) is 4.79 Å². The van der Waals surface area contributed by atoms with Gasteiger partial charge in [-0.3, -0.25) is 0 Å². The van der Waals surface area contributed by atoms with Crippen molar-refractivity contribution in [3.8, 4) is 0 Å². The molecule has 1 aliphatic rings. The van der Waals surface area contributed by atoms with Gasteiger partial charge in [-0.15, -0.1) is 0 Å². The summed E-state index contributed by atoms with van der Waals surface area (Å²) in [6, 6.07) is 0.460. The summed E-state index contributed by atoms with van der Waals surface area (Å²) in [5, 5.41) is 3.37. The van der Waals surface area contributed by atoms with Crippen LogP contribution in [0.3, 0.4) is 0 Å². The van der Waals surface area contributed by atoms with E-state index in [0.29, 0.717) is 12.5 Å². The number of sulfone groups is 1. The van der Waals surface area contributed by atoms with E-state index in [4.69, 9.17) is 0 Å². The fraction of sp³-hybridized carbons (Fsp3) is 0.917. The monoisotopic (exact) mass is 291 g/mol. The van der Waals surface area contributed by atoms with Crippen LogP contribution in [0.2, 0.25) is 0 Å². The molecule has 1 heterocycles. The Morgan fingerprint density at radius 3 is 2.37 bits per heavy atom. The predicted octanol–water partition coefficient (Wildman–Crippen LogP) is 0.157. The molecule has 1 rings (SSSR count). The number of carbonyl (C=O) groups excluding carboxylic acids is 1. The first-order valence-electron chi connectivity index (χ1n) is 6.67. The normalized spacial score (nSPS) is 17.5. The molecule has 0 aromatic heterocycles. The van der Waals surface area contributed by atoms with Gasteiger partial charge in [0.25, 0.3) is 0 Å². The van der Waals surface area contributed by atoms with E-state index in [1.54, 1.807) is 19.0 Å². The number of hydrogen-bond donors (Lipinski definition) is 1. The lowest BCUT2D eigenvalue weighted by Gasteiger charge is -2.34. The summed E-state index contributed by atoms with van der Waals surface area (Å²) in [6.45, 7) is 2.25. The Balaban J connectivity index is 2.18. The minimum Gasteiger partial charge on any atom is -0.331 e. The summed E-state index contributed by atoms with van der Waals surface area (Å²) in [5.41, 5.74) is 0. The first-order chi connectivity index (χ1) is 8.79. The van der Waals surface area contributed by atoms with Crippen molar-refractivity contribution in [2.24, 2.45) is 0 Å². The molecular formula is C12H25N3O3S. The van der Waals surface area contributed by atoms with Gasteiger partial charge >= 0.3 is 6.03 Å². The molecule has 1 N–H and O–H groups in total. The van der Waals surface area contributed by atoms with Crippen LogP contribution in [-0.2, 0) is 9.84 Å². The molecule has 7 heteroatoms. The second kappa shape index (κ2) is 7.09. The van der Waals surface area contributed by atoms with Crippen molar-refractivity contribution in [3.63, 3.8) is 0 Å². The maximum Gasteiger partial charge on any atom is 0.319 e. The van der Waals surface area contributed by atoms with E-state index in [2.05, 4.69) is 5.32 Å². The smallest absolute Gasteiger partial charge is 0.319 e. The van der Waals surface area contributed by atoms with Gasteiger partial charge in [0, 0.05) is 39.5 Å². The number of piperidine rings is 1. The molecule has 0 aromatic carbocycles. The number of amides is 2. The van der Waals surface area contributed by atoms with Gasteiger partial charge in [0.05, 0.1) is 5.75 Å². The standard InChI is InChI=1S/C12H25N3O3S/c1-14(2)12(16)15-8-5-11(6-9-15)13-7-4-10-19(3,17)18/h11,13H,4-10H2,1-3H3. The van der Waals surface area contributed by atoms with Crippen molar-refractivity contribution in [2.45, 2.75) is 25.3 Å². The van der Waals surface area contributed by atoms with Gasteiger partial charge in [0.15, 0.2) is 0 Å². The fourth-order valence-corrected chi connectivity index (χ4v) is 2.87. The van der Waals surface area contributed by atoms with Crippen molar-refractivity contribution in [2.75, 3.05) is 45.7 Å². The van der Waals surface area contributed by atoms with Gasteiger partial charge in [0.2, 0.25) is 0 Å². The average molecular weight is 291 g/mol. The van der Waals surface area contributed by atoms with E-state index < -0.39 is 9.84 Å². The van der Waals surface area contributed by atoms with E-state index in [1.807, 2.05) is 4.90 Å². The number of likely N-dealkylation sites (tertiary alicyclic amines) is 1. The molecule has 0 unspecified atom stereocenters. The minimum atomic E-state index is -2.86. The second-order valence-electron chi connectivity index (χ2n) is 5.38. The molecular weight excluding hydrogens is 266 g/mol. The number of carbonyl (C=O) groups is 1. The van der Waals surface area contributed by atoms with Crippen LogP contribution in [0.15, 0.2) is 0 Å². The lowest BCUT2D eigenvalue weighted by molar-refractivity contribution is 0.152. The Bertz CT molecular complexity index is 387. The van der Waals surface area contributed by atoms with E-state index in [-0.39, 0.29) is 11.8 Å². The molecule has 1 aliphatic heterocycles. The van der Waals surface area contributed by atoms with E-state index in [1.165, 1.54) is 6.26 Å². The molecule has 0 radical (unpaired) electrons. The topological polar surface area (TPSA) is 69.7 Å². The van der Waals surface area contributed by atoms with Gasteiger partial charge < -0.3 is 15.1 Å². The minimum absolute atomic E-state index is 0.0653. The molecule has 0 atom stereocenters. The van der Waals surface area contributed by atoms with Gasteiger partial charge in [-0.05, 0) is 25.8 Å². The SMILES string of the molecule is CN(C)C(=O)N1CCC(NCCCS(C)(=O)=O)CC1. The highest BCUT2D eigenvalue weighted by Gasteiger charge is 2.23. The number of urea groups is 1. The quantitative estimate of drug-likeness (QED) is 0.732. The number of nitrogens with zero attached hydrogens (tertiary/aromatic N) is 2. The maximum atomic E-state index is 11.7. The van der Waals surface area contributed by atoms with Crippen molar-refractivity contribution in [1.29, 1.82) is 0 Å². The Labute approximate surface area is 116 Å². The molecule has 19 heavy (non-hydrogen) atoms. The average Bonchev–Trinajstić information content (AvgIpc) is 2.33. The summed E-state index contributed by atoms with van der Waals surface area (Å²) in [5.74, 6) is 0.234. The predicted molar refractivity (Wildman–Crippen MR) is 76.0 cm³/mol. The van der Waals surface area contributed by atoms with E-state index in [0.717, 1.165) is 32.5 Å². The fourth-order valence-electron chi connectivity index (χ4n) is 2.20. The summed E-state index contributed by atoms with van der Waals surface area (Å²) in [7, 11) is 0.668. The zero-order valence-electron chi connectivity index (χ0n) is 12.1. The van der Waals surface area contributed by atoms with Gasteiger partial charge in [-0.2, -0.15) is 0 Å². The second-order valence-corrected chi connectivity index (χ2v) is 7.64. The number of rotatable bonds is 5. The molecule has 2 amide bonds. The molecule has 1 fully saturated rings. The van der Waals surface area contributed by atoms with Crippen LogP contribution < -0.4 is 5.32 Å². The Kier molecular flexibility index (Phi) is 6.06. The zero-order chi connectivity index (χ0) is 14.5. The third kappa shape index (κ3) is 6.24. The van der Waals surface area contributed by atoms with Crippen LogP contribution in [0.5, 0.6) is 0 Å². The molecule has 0 aliphatic carbocycles. The Hall–Kier alpha value is -0.820. The lowest BCUT2D eigenvalue weighted by atomic mass is 10.1. The Morgan fingerprint density at radius 1 is 1.32 bits per heavy atom. The van der Waals surface area contributed by atoms with Crippen molar-refractivity contribution in [1.82, 2.24) is 15.1 Å². The highest BCUT2D eigenvalue weighted by atomic mass is 32.2. The molecule has 0 saturated carbocycles. The van der Waals surface area contributed by atoms with E-state index in [9.17, 15) is 13.2 Å². The molecule has 112 valence electrons. The molecule has 6 nitrogen and oxygen atoms in total. The van der Waals surface area contributed by atoms with Crippen LogP contribution in [0.1, 0.15) is 19.3 Å². The summed E-state index contributed by atoms with van der Waals surface area (Å²) in [6.07, 6.45) is 3.77. The third-order valence-electron chi connectivity index (χ3n) is 3.27. The largest absolute Gasteiger partial charge is 0.331 e. The lowest BCUT2D eigenvalue weighted by Crippen LogP contribution is -2.48. The maximum absolute atomic E-state index is 11.7. The zero-order valence-corrected chi connectivity index (χ0v) is 12.9. The highest BCUT2D eigenvalue weighted by Crippen LogP contribution is 2.11. The number of hydrogen-bond acceptors (Lipinski definition) is 4. The van der Waals surface area contributed by atoms with Gasteiger partial charge in [0.1, 0.15) is 9.84 Å². The summed E-state index contributed by atoms with van der Waals surface area (Å²) in [4.78, 5) is 15.2. The van der Waals surface area contributed by atoms with Crippen molar-refractivity contribution in [3.05, 3.63) is 0 Å². The van der Waals surface area contributed by atoms with Crippen molar-refractivity contribution >= 4 is 15.9 Å². The number of nitrogens with one attached hydrogen (secondary N) is 1. The molecule has 0 aromatic rings. The van der Waals surface area contributed by atoms with Crippen LogP contribution >= 0.6 is 0 Å².